The summed E-state index contributed by atoms with van der Waals surface area (Å²) >= 11 is 0. The van der Waals surface area contributed by atoms with Gasteiger partial charge in [0, 0.05) is 19.1 Å². The third-order valence-electron chi connectivity index (χ3n) is 4.60. The first-order chi connectivity index (χ1) is 7.23. The maximum Gasteiger partial charge on any atom is 0.00673 e. The highest BCUT2D eigenvalue weighted by Crippen LogP contribution is 2.33. The Morgan fingerprint density at radius 2 is 2.07 bits per heavy atom. The highest BCUT2D eigenvalue weighted by molar-refractivity contribution is 4.93. The number of rotatable bonds is 4. The molecular formula is C13H26N2. The van der Waals surface area contributed by atoms with Crippen molar-refractivity contribution in [1.29, 1.82) is 0 Å². The van der Waals surface area contributed by atoms with Gasteiger partial charge in [0.15, 0.2) is 0 Å². The number of hydrogen-bond acceptors (Lipinski definition) is 2. The molecule has 1 aliphatic heterocycles. The Kier molecular flexibility index (Phi) is 3.68. The summed E-state index contributed by atoms with van der Waals surface area (Å²) in [5.41, 5.74) is 0.530. The van der Waals surface area contributed by atoms with Gasteiger partial charge in [-0.2, -0.15) is 0 Å². The molecule has 0 radical (unpaired) electrons. The van der Waals surface area contributed by atoms with Crippen molar-refractivity contribution in [2.24, 2.45) is 11.3 Å². The fourth-order valence-corrected chi connectivity index (χ4v) is 3.09. The van der Waals surface area contributed by atoms with Gasteiger partial charge in [0.05, 0.1) is 0 Å². The van der Waals surface area contributed by atoms with Crippen LogP contribution in [0.5, 0.6) is 0 Å². The van der Waals surface area contributed by atoms with Gasteiger partial charge in [0.2, 0.25) is 0 Å². The monoisotopic (exact) mass is 210 g/mol. The molecule has 2 nitrogen and oxygen atoms in total. The third-order valence-corrected chi connectivity index (χ3v) is 4.60. The Labute approximate surface area is 94.2 Å². The van der Waals surface area contributed by atoms with Crippen LogP contribution in [0.15, 0.2) is 0 Å². The molecule has 2 heteroatoms. The lowest BCUT2D eigenvalue weighted by molar-refractivity contribution is 0.200. The molecule has 0 bridgehead atoms. The fraction of sp³-hybridized carbons (Fsp3) is 1.00. The van der Waals surface area contributed by atoms with E-state index >= 15 is 0 Å². The standard InChI is InChI=1S/C13H26N2/c1-11(2)13(7-8-14-9-13)10-15-12-5-3-4-6-12/h11-12,14-15H,3-10H2,1-2H3. The van der Waals surface area contributed by atoms with E-state index in [0.717, 1.165) is 12.0 Å². The molecule has 1 unspecified atom stereocenters. The van der Waals surface area contributed by atoms with Gasteiger partial charge >= 0.3 is 0 Å². The molecular weight excluding hydrogens is 184 g/mol. The van der Waals surface area contributed by atoms with Gasteiger partial charge < -0.3 is 10.6 Å². The molecule has 1 atom stereocenters. The second-order valence-electron chi connectivity index (χ2n) is 5.81. The minimum atomic E-state index is 0.530. The van der Waals surface area contributed by atoms with Crippen LogP contribution in [0.25, 0.3) is 0 Å². The minimum absolute atomic E-state index is 0.530. The summed E-state index contributed by atoms with van der Waals surface area (Å²) in [6, 6.07) is 0.821. The van der Waals surface area contributed by atoms with E-state index in [0.29, 0.717) is 5.41 Å². The second-order valence-corrected chi connectivity index (χ2v) is 5.81. The Hall–Kier alpha value is -0.0800. The van der Waals surface area contributed by atoms with Crippen LogP contribution >= 0.6 is 0 Å². The van der Waals surface area contributed by atoms with Crippen LogP contribution in [0.2, 0.25) is 0 Å². The van der Waals surface area contributed by atoms with Crippen LogP contribution in [-0.4, -0.2) is 25.7 Å². The van der Waals surface area contributed by atoms with E-state index in [4.69, 9.17) is 0 Å². The number of hydrogen-bond donors (Lipinski definition) is 2. The SMILES string of the molecule is CC(C)C1(CNC2CCCC2)CCNC1. The largest absolute Gasteiger partial charge is 0.316 e. The van der Waals surface area contributed by atoms with Crippen molar-refractivity contribution in [1.82, 2.24) is 10.6 Å². The smallest absolute Gasteiger partial charge is 0.00673 e. The van der Waals surface area contributed by atoms with E-state index in [1.54, 1.807) is 0 Å². The van der Waals surface area contributed by atoms with Crippen LogP contribution in [-0.2, 0) is 0 Å². The molecule has 1 heterocycles. The van der Waals surface area contributed by atoms with E-state index in [1.165, 1.54) is 51.7 Å². The van der Waals surface area contributed by atoms with Crippen LogP contribution in [0.1, 0.15) is 46.0 Å². The molecule has 1 saturated carbocycles. The highest BCUT2D eigenvalue weighted by atomic mass is 15.0. The van der Waals surface area contributed by atoms with Gasteiger partial charge in [-0.3, -0.25) is 0 Å². The van der Waals surface area contributed by atoms with Gasteiger partial charge in [-0.15, -0.1) is 0 Å². The molecule has 1 saturated heterocycles. The first-order valence-corrected chi connectivity index (χ1v) is 6.67. The molecule has 0 aromatic carbocycles. The van der Waals surface area contributed by atoms with E-state index in [2.05, 4.69) is 24.5 Å². The van der Waals surface area contributed by atoms with Crippen molar-refractivity contribution in [2.75, 3.05) is 19.6 Å². The lowest BCUT2D eigenvalue weighted by atomic mass is 9.76. The summed E-state index contributed by atoms with van der Waals surface area (Å²) in [4.78, 5) is 0. The Balaban J connectivity index is 1.83. The first-order valence-electron chi connectivity index (χ1n) is 6.67. The molecule has 88 valence electrons. The highest BCUT2D eigenvalue weighted by Gasteiger charge is 2.37. The average Bonchev–Trinajstić information content (AvgIpc) is 2.87. The molecule has 2 fully saturated rings. The summed E-state index contributed by atoms with van der Waals surface area (Å²) < 4.78 is 0. The van der Waals surface area contributed by atoms with E-state index in [1.807, 2.05) is 0 Å². The van der Waals surface area contributed by atoms with Crippen LogP contribution in [0.4, 0.5) is 0 Å². The summed E-state index contributed by atoms with van der Waals surface area (Å²) in [6.07, 6.45) is 7.03. The molecule has 2 aliphatic rings. The van der Waals surface area contributed by atoms with Crippen molar-refractivity contribution in [2.45, 2.75) is 52.0 Å². The summed E-state index contributed by atoms with van der Waals surface area (Å²) in [5.74, 6) is 0.793. The maximum atomic E-state index is 3.81. The molecule has 0 aromatic rings. The fourth-order valence-electron chi connectivity index (χ4n) is 3.09. The normalized spacial score (nSPS) is 33.0. The van der Waals surface area contributed by atoms with Crippen molar-refractivity contribution in [3.63, 3.8) is 0 Å². The molecule has 2 N–H and O–H groups in total. The molecule has 0 amide bonds. The predicted molar refractivity (Wildman–Crippen MR) is 65.0 cm³/mol. The lowest BCUT2D eigenvalue weighted by Crippen LogP contribution is -2.43. The molecule has 1 aliphatic carbocycles. The van der Waals surface area contributed by atoms with Gasteiger partial charge in [-0.1, -0.05) is 26.7 Å². The van der Waals surface area contributed by atoms with Crippen molar-refractivity contribution in [3.05, 3.63) is 0 Å². The second kappa shape index (κ2) is 4.84. The van der Waals surface area contributed by atoms with Gasteiger partial charge in [0.25, 0.3) is 0 Å². The van der Waals surface area contributed by atoms with Crippen molar-refractivity contribution >= 4 is 0 Å². The summed E-state index contributed by atoms with van der Waals surface area (Å²) in [5, 5.41) is 7.34. The summed E-state index contributed by atoms with van der Waals surface area (Å²) in [6.45, 7) is 8.41. The quantitative estimate of drug-likeness (QED) is 0.743. The van der Waals surface area contributed by atoms with Crippen LogP contribution in [0.3, 0.4) is 0 Å². The van der Waals surface area contributed by atoms with E-state index in [9.17, 15) is 0 Å². The molecule has 15 heavy (non-hydrogen) atoms. The summed E-state index contributed by atoms with van der Waals surface area (Å²) in [7, 11) is 0. The predicted octanol–water partition coefficient (Wildman–Crippen LogP) is 2.15. The maximum absolute atomic E-state index is 3.81. The Morgan fingerprint density at radius 3 is 2.60 bits per heavy atom. The zero-order chi connectivity index (χ0) is 10.7. The lowest BCUT2D eigenvalue weighted by Gasteiger charge is -2.34. The molecule has 0 aromatic heterocycles. The Bertz CT molecular complexity index is 189. The number of nitrogens with one attached hydrogen (secondary N) is 2. The van der Waals surface area contributed by atoms with E-state index in [-0.39, 0.29) is 0 Å². The van der Waals surface area contributed by atoms with Crippen LogP contribution in [0, 0.1) is 11.3 Å². The van der Waals surface area contributed by atoms with Gasteiger partial charge in [-0.05, 0) is 37.1 Å². The minimum Gasteiger partial charge on any atom is -0.316 e. The van der Waals surface area contributed by atoms with Gasteiger partial charge in [0.1, 0.15) is 0 Å². The van der Waals surface area contributed by atoms with E-state index < -0.39 is 0 Å². The zero-order valence-electron chi connectivity index (χ0n) is 10.3. The topological polar surface area (TPSA) is 24.1 Å². The molecule has 0 spiro atoms. The van der Waals surface area contributed by atoms with Crippen molar-refractivity contribution in [3.8, 4) is 0 Å². The Morgan fingerprint density at radius 1 is 1.33 bits per heavy atom. The van der Waals surface area contributed by atoms with Crippen LogP contribution < -0.4 is 10.6 Å². The zero-order valence-corrected chi connectivity index (χ0v) is 10.3. The average molecular weight is 210 g/mol. The molecule has 2 rings (SSSR count). The first kappa shape index (κ1) is 11.4. The third kappa shape index (κ3) is 2.54. The van der Waals surface area contributed by atoms with Gasteiger partial charge in [-0.25, -0.2) is 0 Å². The van der Waals surface area contributed by atoms with Crippen molar-refractivity contribution < 1.29 is 0 Å².